The van der Waals surface area contributed by atoms with Crippen LogP contribution in [0.25, 0.3) is 0 Å². The van der Waals surface area contributed by atoms with Gasteiger partial charge in [0.15, 0.2) is 0 Å². The standard InChI is InChI=1S/C18H22N4O3/c1-12-5-3-4-6-15(12)21-7-8-22(13(2)11-21)16(23)9-14-10-19-18(25)20-17(14)24/h3-6,10,13H,7-9,11H2,1-2H3,(H2,19,20,24,25)/t13-/m1/s1. The summed E-state index contributed by atoms with van der Waals surface area (Å²) in [5.41, 5.74) is 1.61. The molecule has 1 aliphatic heterocycles. The first kappa shape index (κ1) is 17.0. The van der Waals surface area contributed by atoms with Crippen molar-refractivity contribution in [3.05, 3.63) is 62.4 Å². The molecule has 1 aromatic heterocycles. The van der Waals surface area contributed by atoms with Crippen molar-refractivity contribution in [2.24, 2.45) is 0 Å². The van der Waals surface area contributed by atoms with E-state index in [1.807, 2.05) is 19.1 Å². The third-order valence-corrected chi connectivity index (χ3v) is 4.64. The third-order valence-electron chi connectivity index (χ3n) is 4.64. The molecule has 2 N–H and O–H groups in total. The van der Waals surface area contributed by atoms with Gasteiger partial charge in [0.1, 0.15) is 0 Å². The average Bonchev–Trinajstić information content (AvgIpc) is 2.57. The van der Waals surface area contributed by atoms with E-state index >= 15 is 0 Å². The number of nitrogens with zero attached hydrogens (tertiary/aromatic N) is 2. The van der Waals surface area contributed by atoms with Crippen LogP contribution in [-0.4, -0.2) is 46.5 Å². The van der Waals surface area contributed by atoms with Gasteiger partial charge in [0, 0.05) is 43.1 Å². The largest absolute Gasteiger partial charge is 0.367 e. The van der Waals surface area contributed by atoms with Crippen LogP contribution in [0, 0.1) is 6.92 Å². The molecule has 1 saturated heterocycles. The van der Waals surface area contributed by atoms with Crippen LogP contribution < -0.4 is 16.1 Å². The van der Waals surface area contributed by atoms with E-state index in [1.165, 1.54) is 17.4 Å². The summed E-state index contributed by atoms with van der Waals surface area (Å²) in [4.78, 5) is 44.1. The Hall–Kier alpha value is -2.83. The van der Waals surface area contributed by atoms with E-state index in [1.54, 1.807) is 4.90 Å². The van der Waals surface area contributed by atoms with Crippen LogP contribution in [0.1, 0.15) is 18.1 Å². The van der Waals surface area contributed by atoms with E-state index < -0.39 is 11.2 Å². The number of piperazine rings is 1. The Morgan fingerprint density at radius 1 is 1.24 bits per heavy atom. The number of aryl methyl sites for hydroxylation is 1. The molecule has 25 heavy (non-hydrogen) atoms. The first-order valence-electron chi connectivity index (χ1n) is 8.36. The smallest absolute Gasteiger partial charge is 0.325 e. The molecule has 2 aromatic rings. The molecule has 0 spiro atoms. The van der Waals surface area contributed by atoms with Gasteiger partial charge >= 0.3 is 5.69 Å². The van der Waals surface area contributed by atoms with E-state index in [-0.39, 0.29) is 23.9 Å². The molecule has 1 fully saturated rings. The lowest BCUT2D eigenvalue weighted by Crippen LogP contribution is -2.54. The molecule has 0 radical (unpaired) electrons. The average molecular weight is 342 g/mol. The molecular formula is C18H22N4O3. The molecule has 7 nitrogen and oxygen atoms in total. The Morgan fingerprint density at radius 2 is 2.00 bits per heavy atom. The first-order valence-corrected chi connectivity index (χ1v) is 8.36. The van der Waals surface area contributed by atoms with Crippen LogP contribution in [0.2, 0.25) is 0 Å². The minimum Gasteiger partial charge on any atom is -0.367 e. The summed E-state index contributed by atoms with van der Waals surface area (Å²) in [6, 6.07) is 8.26. The monoisotopic (exact) mass is 342 g/mol. The molecule has 0 bridgehead atoms. The molecule has 0 aliphatic carbocycles. The molecule has 1 atom stereocenters. The minimum absolute atomic E-state index is 0.0131. The predicted molar refractivity (Wildman–Crippen MR) is 96.0 cm³/mol. The number of anilines is 1. The molecule has 1 aromatic carbocycles. The van der Waals surface area contributed by atoms with Gasteiger partial charge in [0.05, 0.1) is 6.42 Å². The van der Waals surface area contributed by atoms with Gasteiger partial charge in [-0.2, -0.15) is 0 Å². The number of aromatic nitrogens is 2. The van der Waals surface area contributed by atoms with Crippen LogP contribution >= 0.6 is 0 Å². The summed E-state index contributed by atoms with van der Waals surface area (Å²) in [5.74, 6) is -0.102. The summed E-state index contributed by atoms with van der Waals surface area (Å²) >= 11 is 0. The van der Waals surface area contributed by atoms with Crippen molar-refractivity contribution >= 4 is 11.6 Å². The highest BCUT2D eigenvalue weighted by atomic mass is 16.2. The molecule has 0 unspecified atom stereocenters. The van der Waals surface area contributed by atoms with E-state index in [0.717, 1.165) is 13.1 Å². The molecular weight excluding hydrogens is 320 g/mol. The van der Waals surface area contributed by atoms with Crippen molar-refractivity contribution in [1.29, 1.82) is 0 Å². The molecule has 1 aliphatic rings. The van der Waals surface area contributed by atoms with Gasteiger partial charge in [0.25, 0.3) is 5.56 Å². The quantitative estimate of drug-likeness (QED) is 0.857. The molecule has 1 amide bonds. The lowest BCUT2D eigenvalue weighted by Gasteiger charge is -2.41. The third kappa shape index (κ3) is 3.65. The number of benzene rings is 1. The summed E-state index contributed by atoms with van der Waals surface area (Å²) in [6.45, 7) is 6.20. The van der Waals surface area contributed by atoms with Gasteiger partial charge in [-0.1, -0.05) is 18.2 Å². The van der Waals surface area contributed by atoms with E-state index in [9.17, 15) is 14.4 Å². The van der Waals surface area contributed by atoms with Crippen molar-refractivity contribution in [3.8, 4) is 0 Å². The molecule has 132 valence electrons. The number of carbonyl (C=O) groups is 1. The highest BCUT2D eigenvalue weighted by Crippen LogP contribution is 2.23. The lowest BCUT2D eigenvalue weighted by molar-refractivity contribution is -0.132. The zero-order chi connectivity index (χ0) is 18.0. The van der Waals surface area contributed by atoms with Gasteiger partial charge in [0.2, 0.25) is 5.91 Å². The molecule has 0 saturated carbocycles. The first-order chi connectivity index (χ1) is 12.0. The number of amides is 1. The Balaban J connectivity index is 1.69. The van der Waals surface area contributed by atoms with Crippen LogP contribution in [0.4, 0.5) is 5.69 Å². The maximum Gasteiger partial charge on any atom is 0.325 e. The Morgan fingerprint density at radius 3 is 2.68 bits per heavy atom. The fraction of sp³-hybridized carbons (Fsp3) is 0.389. The van der Waals surface area contributed by atoms with Gasteiger partial charge < -0.3 is 14.8 Å². The summed E-state index contributed by atoms with van der Waals surface area (Å²) in [6.07, 6.45) is 1.30. The second-order valence-corrected chi connectivity index (χ2v) is 6.44. The number of rotatable bonds is 3. The number of para-hydroxylation sites is 1. The van der Waals surface area contributed by atoms with Crippen molar-refractivity contribution in [1.82, 2.24) is 14.9 Å². The molecule has 3 rings (SSSR count). The second-order valence-electron chi connectivity index (χ2n) is 6.44. The Labute approximate surface area is 145 Å². The number of nitrogens with one attached hydrogen (secondary N) is 2. The summed E-state index contributed by atoms with van der Waals surface area (Å²) < 4.78 is 0. The van der Waals surface area contributed by atoms with Crippen LogP contribution in [0.3, 0.4) is 0 Å². The van der Waals surface area contributed by atoms with Gasteiger partial charge in [-0.3, -0.25) is 14.6 Å². The zero-order valence-electron chi connectivity index (χ0n) is 14.4. The van der Waals surface area contributed by atoms with E-state index in [4.69, 9.17) is 0 Å². The minimum atomic E-state index is -0.568. The maximum absolute atomic E-state index is 12.6. The fourth-order valence-electron chi connectivity index (χ4n) is 3.30. The number of hydrogen-bond donors (Lipinski definition) is 2. The lowest BCUT2D eigenvalue weighted by atomic mass is 10.1. The second kappa shape index (κ2) is 6.96. The maximum atomic E-state index is 12.6. The van der Waals surface area contributed by atoms with Gasteiger partial charge in [-0.25, -0.2) is 4.79 Å². The van der Waals surface area contributed by atoms with Crippen LogP contribution in [-0.2, 0) is 11.2 Å². The summed E-state index contributed by atoms with van der Waals surface area (Å²) in [5, 5.41) is 0. The molecule has 2 heterocycles. The predicted octanol–water partition coefficient (Wildman–Crippen LogP) is 0.651. The Kier molecular flexibility index (Phi) is 4.74. The highest BCUT2D eigenvalue weighted by Gasteiger charge is 2.28. The van der Waals surface area contributed by atoms with Crippen molar-refractivity contribution < 1.29 is 4.79 Å². The number of H-pyrrole nitrogens is 2. The zero-order valence-corrected chi connectivity index (χ0v) is 14.4. The topological polar surface area (TPSA) is 89.3 Å². The normalized spacial score (nSPS) is 17.6. The number of hydrogen-bond acceptors (Lipinski definition) is 4. The number of carbonyl (C=O) groups excluding carboxylic acids is 1. The molecule has 7 heteroatoms. The van der Waals surface area contributed by atoms with Gasteiger partial charge in [-0.15, -0.1) is 0 Å². The van der Waals surface area contributed by atoms with Crippen LogP contribution in [0.5, 0.6) is 0 Å². The van der Waals surface area contributed by atoms with E-state index in [2.05, 4.69) is 33.9 Å². The Bertz CT molecular complexity index is 886. The summed E-state index contributed by atoms with van der Waals surface area (Å²) in [7, 11) is 0. The number of aromatic amines is 2. The highest BCUT2D eigenvalue weighted by molar-refractivity contribution is 5.79. The fourth-order valence-corrected chi connectivity index (χ4v) is 3.30. The van der Waals surface area contributed by atoms with Crippen LogP contribution in [0.15, 0.2) is 40.1 Å². The van der Waals surface area contributed by atoms with Crippen molar-refractivity contribution in [2.45, 2.75) is 26.3 Å². The SMILES string of the molecule is Cc1ccccc1N1CCN(C(=O)Cc2c[nH]c(=O)[nH]c2=O)[C@H](C)C1. The van der Waals surface area contributed by atoms with E-state index in [0.29, 0.717) is 6.54 Å². The van der Waals surface area contributed by atoms with Crippen molar-refractivity contribution in [2.75, 3.05) is 24.5 Å². The van der Waals surface area contributed by atoms with Crippen molar-refractivity contribution in [3.63, 3.8) is 0 Å². The van der Waals surface area contributed by atoms with Gasteiger partial charge in [-0.05, 0) is 25.5 Å².